The molecule has 0 spiro atoms. The Balaban J connectivity index is 3.25. The summed E-state index contributed by atoms with van der Waals surface area (Å²) in [6, 6.07) is 0. The Hall–Kier alpha value is -0.220. The Labute approximate surface area is 47.1 Å². The van der Waals surface area contributed by atoms with E-state index in [-0.39, 0.29) is 6.54 Å². The van der Waals surface area contributed by atoms with Crippen molar-refractivity contribution in [2.24, 2.45) is 5.73 Å². The molecule has 0 fully saturated rings. The molecule has 0 radical (unpaired) electrons. The van der Waals surface area contributed by atoms with Crippen LogP contribution in [0.5, 0.6) is 0 Å². The van der Waals surface area contributed by atoms with E-state index in [4.69, 9.17) is 15.5 Å². The fourth-order valence-electron chi connectivity index (χ4n) is 0.128. The fourth-order valence-corrected chi connectivity index (χ4v) is 0.385. The van der Waals surface area contributed by atoms with E-state index in [0.717, 1.165) is 0 Å². The minimum Gasteiger partial charge on any atom is -0.393 e. The summed E-state index contributed by atoms with van der Waals surface area (Å²) >= 11 is 0. The molecule has 0 amide bonds. The molecule has 0 aliphatic rings. The normalized spacial score (nSPS) is 9.50. The third-order valence-electron chi connectivity index (χ3n) is 0.350. The summed E-state index contributed by atoms with van der Waals surface area (Å²) in [6.07, 6.45) is 0. The molecule has 0 rings (SSSR count). The lowest BCUT2D eigenvalue weighted by Gasteiger charge is -1.98. The molecule has 0 saturated carbocycles. The van der Waals surface area contributed by atoms with Crippen molar-refractivity contribution in [1.82, 2.24) is 0 Å². The van der Waals surface area contributed by atoms with E-state index in [2.05, 4.69) is 4.52 Å². The van der Waals surface area contributed by atoms with Crippen molar-refractivity contribution in [3.05, 3.63) is 0 Å². The second-order valence-electron chi connectivity index (χ2n) is 0.920. The van der Waals surface area contributed by atoms with Gasteiger partial charge in [0.05, 0.1) is 6.54 Å². The van der Waals surface area contributed by atoms with Gasteiger partial charge in [-0.3, -0.25) is 4.79 Å². The van der Waals surface area contributed by atoms with Crippen LogP contribution in [-0.2, 0) is 9.32 Å². The average Bonchev–Trinajstić information content (AvgIpc) is 1.65. The van der Waals surface area contributed by atoms with Gasteiger partial charge >= 0.3 is 14.6 Å². The van der Waals surface area contributed by atoms with Crippen molar-refractivity contribution < 1.29 is 19.1 Å². The van der Waals surface area contributed by atoms with Crippen LogP contribution in [-0.4, -0.2) is 22.3 Å². The van der Waals surface area contributed by atoms with Crippen LogP contribution < -0.4 is 5.73 Å². The van der Waals surface area contributed by atoms with Gasteiger partial charge in [0.1, 0.15) is 0 Å². The molecule has 5 nitrogen and oxygen atoms in total. The molecule has 0 aliphatic heterocycles. The molecule has 6 heteroatoms. The summed E-state index contributed by atoms with van der Waals surface area (Å²) in [5.41, 5.74) is 4.73. The summed E-state index contributed by atoms with van der Waals surface area (Å²) < 4.78 is 3.81. The number of hydrogen-bond acceptors (Lipinski definition) is 5. The van der Waals surface area contributed by atoms with E-state index < -0.39 is 14.6 Å². The third-order valence-corrected chi connectivity index (χ3v) is 0.717. The quantitative estimate of drug-likeness (QED) is 0.413. The van der Waals surface area contributed by atoms with Gasteiger partial charge in [0, 0.05) is 0 Å². The lowest BCUT2D eigenvalue weighted by atomic mass is 10.7. The zero-order chi connectivity index (χ0) is 6.57. The van der Waals surface area contributed by atoms with Gasteiger partial charge in [-0.05, 0) is 0 Å². The van der Waals surface area contributed by atoms with Crippen LogP contribution >= 0.6 is 8.60 Å². The molecule has 0 bridgehead atoms. The summed E-state index contributed by atoms with van der Waals surface area (Å²) in [7, 11) is -2.58. The molecule has 0 atom stereocenters. The number of rotatable bonds is 2. The fraction of sp³-hybridized carbons (Fsp3) is 0.500. The monoisotopic (exact) mass is 139 g/mol. The molecular weight excluding hydrogens is 133 g/mol. The number of carbonyl (C=O) groups excluding carboxylic acids is 1. The molecule has 0 aromatic heterocycles. The highest BCUT2D eigenvalue weighted by molar-refractivity contribution is 7.40. The van der Waals surface area contributed by atoms with Gasteiger partial charge in [-0.1, -0.05) is 0 Å². The molecule has 0 heterocycles. The Bertz CT molecular complexity index is 84.1. The van der Waals surface area contributed by atoms with Crippen molar-refractivity contribution in [2.45, 2.75) is 0 Å². The minimum absolute atomic E-state index is 0.333. The van der Waals surface area contributed by atoms with Gasteiger partial charge < -0.3 is 20.0 Å². The first-order chi connectivity index (χ1) is 3.66. The van der Waals surface area contributed by atoms with Crippen LogP contribution in [0.25, 0.3) is 0 Å². The average molecular weight is 139 g/mol. The van der Waals surface area contributed by atoms with Crippen LogP contribution in [0, 0.1) is 0 Å². The van der Waals surface area contributed by atoms with E-state index in [1.165, 1.54) is 0 Å². The van der Waals surface area contributed by atoms with E-state index in [0.29, 0.717) is 0 Å². The number of carbonyl (C=O) groups is 1. The Morgan fingerprint density at radius 1 is 1.75 bits per heavy atom. The first-order valence-corrected chi connectivity index (χ1v) is 2.92. The molecular formula is C2H6NO4P. The van der Waals surface area contributed by atoms with Gasteiger partial charge in [0.25, 0.3) is 0 Å². The Kier molecular flexibility index (Phi) is 3.64. The van der Waals surface area contributed by atoms with E-state index >= 15 is 0 Å². The molecule has 0 aromatic rings. The second kappa shape index (κ2) is 3.74. The molecule has 0 aromatic carbocycles. The Morgan fingerprint density at radius 3 is 2.38 bits per heavy atom. The largest absolute Gasteiger partial charge is 0.393 e. The van der Waals surface area contributed by atoms with Crippen LogP contribution in [0.4, 0.5) is 0 Å². The highest BCUT2D eigenvalue weighted by Crippen LogP contribution is 2.23. The maximum Gasteiger partial charge on any atom is 0.393 e. The molecule has 0 aliphatic carbocycles. The minimum atomic E-state index is -2.58. The smallest absolute Gasteiger partial charge is 0.393 e. The maximum atomic E-state index is 9.97. The van der Waals surface area contributed by atoms with Crippen molar-refractivity contribution in [3.8, 4) is 0 Å². The van der Waals surface area contributed by atoms with Crippen LogP contribution in [0.2, 0.25) is 0 Å². The van der Waals surface area contributed by atoms with Crippen LogP contribution in [0.1, 0.15) is 0 Å². The molecule has 0 unspecified atom stereocenters. The molecule has 0 saturated heterocycles. The van der Waals surface area contributed by atoms with Gasteiger partial charge in [0.2, 0.25) is 0 Å². The van der Waals surface area contributed by atoms with E-state index in [1.807, 2.05) is 0 Å². The summed E-state index contributed by atoms with van der Waals surface area (Å²) in [6.45, 7) is -0.333. The van der Waals surface area contributed by atoms with Gasteiger partial charge in [-0.15, -0.1) is 0 Å². The summed E-state index contributed by atoms with van der Waals surface area (Å²) in [5, 5.41) is 0. The highest BCUT2D eigenvalue weighted by atomic mass is 31.2. The lowest BCUT2D eigenvalue weighted by Crippen LogP contribution is -2.14. The highest BCUT2D eigenvalue weighted by Gasteiger charge is 2.05. The number of hydrogen-bond donors (Lipinski definition) is 3. The second-order valence-corrected chi connectivity index (χ2v) is 1.61. The summed E-state index contributed by atoms with van der Waals surface area (Å²) in [4.78, 5) is 25.9. The zero-order valence-electron chi connectivity index (χ0n) is 3.94. The molecule has 4 N–H and O–H groups in total. The first kappa shape index (κ1) is 7.78. The van der Waals surface area contributed by atoms with Gasteiger partial charge in [-0.25, -0.2) is 0 Å². The topological polar surface area (TPSA) is 92.8 Å². The van der Waals surface area contributed by atoms with Crippen molar-refractivity contribution in [3.63, 3.8) is 0 Å². The predicted octanol–water partition coefficient (Wildman–Crippen LogP) is -1.30. The predicted molar refractivity (Wildman–Crippen MR) is 26.5 cm³/mol. The van der Waals surface area contributed by atoms with Crippen LogP contribution in [0.15, 0.2) is 0 Å². The maximum absolute atomic E-state index is 9.97. The van der Waals surface area contributed by atoms with Crippen molar-refractivity contribution >= 4 is 14.6 Å². The van der Waals surface area contributed by atoms with Crippen molar-refractivity contribution in [1.29, 1.82) is 0 Å². The third kappa shape index (κ3) is 3.95. The Morgan fingerprint density at radius 2 is 2.25 bits per heavy atom. The van der Waals surface area contributed by atoms with Crippen molar-refractivity contribution in [2.75, 3.05) is 6.54 Å². The zero-order valence-corrected chi connectivity index (χ0v) is 4.84. The summed E-state index contributed by atoms with van der Waals surface area (Å²) in [5.74, 6) is -0.818. The van der Waals surface area contributed by atoms with E-state index in [1.54, 1.807) is 0 Å². The standard InChI is InChI=1S/C2H6NO4P/c3-1-2(4)7-8(5)6/h5-6H,1,3H2. The SMILES string of the molecule is NCC(=O)OP(O)O. The lowest BCUT2D eigenvalue weighted by molar-refractivity contribution is -0.133. The number of nitrogens with two attached hydrogens (primary N) is 1. The molecule has 8 heavy (non-hydrogen) atoms. The van der Waals surface area contributed by atoms with Gasteiger partial charge in [-0.2, -0.15) is 0 Å². The van der Waals surface area contributed by atoms with Crippen LogP contribution in [0.3, 0.4) is 0 Å². The molecule has 48 valence electrons. The van der Waals surface area contributed by atoms with E-state index in [9.17, 15) is 4.79 Å². The first-order valence-electron chi connectivity index (χ1n) is 1.75. The van der Waals surface area contributed by atoms with Gasteiger partial charge in [0.15, 0.2) is 0 Å².